The molecule has 1 aromatic heterocycles. The molecular weight excluding hydrogens is 274 g/mol. The molecule has 0 aliphatic carbocycles. The molecule has 1 heterocycles. The van der Waals surface area contributed by atoms with Crippen LogP contribution in [0.3, 0.4) is 0 Å². The molecule has 1 atom stereocenters. The van der Waals surface area contributed by atoms with Crippen LogP contribution in [0.1, 0.15) is 24.1 Å². The molecule has 2 heteroatoms. The van der Waals surface area contributed by atoms with Crippen molar-refractivity contribution in [3.63, 3.8) is 0 Å². The molecule has 1 N–H and O–H groups in total. The van der Waals surface area contributed by atoms with E-state index < -0.39 is 0 Å². The van der Waals surface area contributed by atoms with Gasteiger partial charge in [0.15, 0.2) is 0 Å². The summed E-state index contributed by atoms with van der Waals surface area (Å²) in [7, 11) is 0. The zero-order valence-corrected chi connectivity index (χ0v) is 12.9. The van der Waals surface area contributed by atoms with Gasteiger partial charge in [0.2, 0.25) is 0 Å². The van der Waals surface area contributed by atoms with Crippen molar-refractivity contribution in [2.24, 2.45) is 0 Å². The van der Waals surface area contributed by atoms with E-state index in [-0.39, 0.29) is 0 Å². The molecule has 0 aliphatic heterocycles. The third-order valence-corrected chi connectivity index (χ3v) is 4.44. The Bertz CT molecular complexity index is 657. The number of nitrogens with one attached hydrogen (secondary N) is 1. The van der Waals surface area contributed by atoms with Crippen molar-refractivity contribution in [3.8, 4) is 11.1 Å². The van der Waals surface area contributed by atoms with Crippen molar-refractivity contribution in [1.29, 1.82) is 0 Å². The van der Waals surface area contributed by atoms with E-state index in [2.05, 4.69) is 77.6 Å². The molecule has 106 valence electrons. The normalized spacial score (nSPS) is 12.2. The van der Waals surface area contributed by atoms with E-state index in [0.29, 0.717) is 6.04 Å². The first-order valence-corrected chi connectivity index (χ1v) is 8.17. The van der Waals surface area contributed by atoms with Crippen LogP contribution in [0.25, 0.3) is 11.1 Å². The first-order valence-electron chi connectivity index (χ1n) is 7.23. The van der Waals surface area contributed by atoms with Gasteiger partial charge in [-0.15, -0.1) is 0 Å². The van der Waals surface area contributed by atoms with Crippen LogP contribution in [0, 0.1) is 0 Å². The maximum atomic E-state index is 3.57. The Morgan fingerprint density at radius 1 is 0.905 bits per heavy atom. The summed E-state index contributed by atoms with van der Waals surface area (Å²) in [6.45, 7) is 3.13. The standard InChI is InChI=1S/C19H19NS/c1-15(20-13-16-11-12-21-14-16)17-7-9-19(10-8-17)18-5-3-2-4-6-18/h2-12,14-15,20H,13H2,1H3. The summed E-state index contributed by atoms with van der Waals surface area (Å²) in [6.07, 6.45) is 0. The van der Waals surface area contributed by atoms with Gasteiger partial charge in [-0.05, 0) is 46.0 Å². The third kappa shape index (κ3) is 3.60. The maximum Gasteiger partial charge on any atom is 0.0294 e. The summed E-state index contributed by atoms with van der Waals surface area (Å²) in [5, 5.41) is 7.88. The number of thiophene rings is 1. The molecule has 2 aromatic carbocycles. The summed E-state index contributed by atoms with van der Waals surface area (Å²) in [4.78, 5) is 0. The van der Waals surface area contributed by atoms with Crippen LogP contribution in [-0.2, 0) is 6.54 Å². The van der Waals surface area contributed by atoms with Crippen LogP contribution in [0.5, 0.6) is 0 Å². The fraction of sp³-hybridized carbons (Fsp3) is 0.158. The zero-order valence-electron chi connectivity index (χ0n) is 12.1. The lowest BCUT2D eigenvalue weighted by molar-refractivity contribution is 0.575. The minimum atomic E-state index is 0.356. The fourth-order valence-corrected chi connectivity index (χ4v) is 3.05. The number of benzene rings is 2. The average molecular weight is 293 g/mol. The second kappa shape index (κ2) is 6.70. The van der Waals surface area contributed by atoms with Gasteiger partial charge in [-0.3, -0.25) is 0 Å². The first kappa shape index (κ1) is 14.1. The van der Waals surface area contributed by atoms with Gasteiger partial charge in [0.1, 0.15) is 0 Å². The Balaban J connectivity index is 1.66. The van der Waals surface area contributed by atoms with E-state index in [1.807, 2.05) is 6.07 Å². The van der Waals surface area contributed by atoms with E-state index in [1.165, 1.54) is 22.3 Å². The number of rotatable bonds is 5. The molecule has 21 heavy (non-hydrogen) atoms. The first-order chi connectivity index (χ1) is 10.3. The molecule has 1 nitrogen and oxygen atoms in total. The van der Waals surface area contributed by atoms with Gasteiger partial charge < -0.3 is 5.32 Å². The highest BCUT2D eigenvalue weighted by Crippen LogP contribution is 2.22. The molecule has 0 bridgehead atoms. The van der Waals surface area contributed by atoms with Crippen LogP contribution in [0.2, 0.25) is 0 Å². The Hall–Kier alpha value is -1.90. The van der Waals surface area contributed by atoms with Crippen molar-refractivity contribution >= 4 is 11.3 Å². The Labute approximate surface area is 130 Å². The highest BCUT2D eigenvalue weighted by Gasteiger charge is 2.05. The molecular formula is C19H19NS. The number of hydrogen-bond acceptors (Lipinski definition) is 2. The van der Waals surface area contributed by atoms with Crippen LogP contribution in [-0.4, -0.2) is 0 Å². The van der Waals surface area contributed by atoms with Gasteiger partial charge in [-0.25, -0.2) is 0 Å². The van der Waals surface area contributed by atoms with Crippen LogP contribution in [0.15, 0.2) is 71.4 Å². The lowest BCUT2D eigenvalue weighted by Gasteiger charge is -2.14. The molecule has 0 amide bonds. The molecule has 0 saturated heterocycles. The predicted octanol–water partition coefficient (Wildman–Crippen LogP) is 5.27. The summed E-state index contributed by atoms with van der Waals surface area (Å²) < 4.78 is 0. The predicted molar refractivity (Wildman–Crippen MR) is 91.5 cm³/mol. The molecule has 3 aromatic rings. The van der Waals surface area contributed by atoms with E-state index in [9.17, 15) is 0 Å². The summed E-state index contributed by atoms with van der Waals surface area (Å²) in [6, 6.07) is 21.9. The van der Waals surface area contributed by atoms with Crippen molar-refractivity contribution < 1.29 is 0 Å². The molecule has 0 saturated carbocycles. The second-order valence-electron chi connectivity index (χ2n) is 5.22. The van der Waals surface area contributed by atoms with Crippen molar-refractivity contribution in [2.45, 2.75) is 19.5 Å². The molecule has 0 spiro atoms. The fourth-order valence-electron chi connectivity index (χ4n) is 2.38. The van der Waals surface area contributed by atoms with E-state index in [1.54, 1.807) is 11.3 Å². The smallest absolute Gasteiger partial charge is 0.0294 e. The largest absolute Gasteiger partial charge is 0.306 e. The van der Waals surface area contributed by atoms with Gasteiger partial charge in [0.25, 0.3) is 0 Å². The van der Waals surface area contributed by atoms with E-state index in [0.717, 1.165) is 6.54 Å². The van der Waals surface area contributed by atoms with Gasteiger partial charge >= 0.3 is 0 Å². The van der Waals surface area contributed by atoms with E-state index in [4.69, 9.17) is 0 Å². The lowest BCUT2D eigenvalue weighted by atomic mass is 10.0. The van der Waals surface area contributed by atoms with Crippen molar-refractivity contribution in [3.05, 3.63) is 82.6 Å². The second-order valence-corrected chi connectivity index (χ2v) is 6.00. The Morgan fingerprint density at radius 2 is 1.62 bits per heavy atom. The highest BCUT2D eigenvalue weighted by molar-refractivity contribution is 7.07. The lowest BCUT2D eigenvalue weighted by Crippen LogP contribution is -2.17. The Kier molecular flexibility index (Phi) is 4.49. The molecule has 0 fully saturated rings. The quantitative estimate of drug-likeness (QED) is 0.676. The van der Waals surface area contributed by atoms with E-state index >= 15 is 0 Å². The summed E-state index contributed by atoms with van der Waals surface area (Å²) >= 11 is 1.75. The van der Waals surface area contributed by atoms with Crippen LogP contribution in [0.4, 0.5) is 0 Å². The highest BCUT2D eigenvalue weighted by atomic mass is 32.1. The van der Waals surface area contributed by atoms with Gasteiger partial charge in [-0.1, -0.05) is 54.6 Å². The minimum absolute atomic E-state index is 0.356. The number of hydrogen-bond donors (Lipinski definition) is 1. The van der Waals surface area contributed by atoms with Crippen molar-refractivity contribution in [1.82, 2.24) is 5.32 Å². The SMILES string of the molecule is CC(NCc1ccsc1)c1ccc(-c2ccccc2)cc1. The summed E-state index contributed by atoms with van der Waals surface area (Å²) in [5.74, 6) is 0. The van der Waals surface area contributed by atoms with Gasteiger partial charge in [0.05, 0.1) is 0 Å². The third-order valence-electron chi connectivity index (χ3n) is 3.71. The topological polar surface area (TPSA) is 12.0 Å². The molecule has 0 aliphatic rings. The zero-order chi connectivity index (χ0) is 14.5. The minimum Gasteiger partial charge on any atom is -0.306 e. The monoisotopic (exact) mass is 293 g/mol. The maximum absolute atomic E-state index is 3.57. The Morgan fingerprint density at radius 3 is 2.29 bits per heavy atom. The molecule has 3 rings (SSSR count). The van der Waals surface area contributed by atoms with Gasteiger partial charge in [-0.2, -0.15) is 11.3 Å². The van der Waals surface area contributed by atoms with Gasteiger partial charge in [0, 0.05) is 12.6 Å². The summed E-state index contributed by atoms with van der Waals surface area (Å²) in [5.41, 5.74) is 5.21. The van der Waals surface area contributed by atoms with Crippen LogP contribution < -0.4 is 5.32 Å². The van der Waals surface area contributed by atoms with Crippen LogP contribution >= 0.6 is 11.3 Å². The molecule has 1 unspecified atom stereocenters. The van der Waals surface area contributed by atoms with Crippen molar-refractivity contribution in [2.75, 3.05) is 0 Å². The molecule has 0 radical (unpaired) electrons. The average Bonchev–Trinajstić information content (AvgIpc) is 3.07.